The molecule has 0 aliphatic heterocycles. The van der Waals surface area contributed by atoms with Crippen LogP contribution < -0.4 is 4.74 Å². The van der Waals surface area contributed by atoms with E-state index in [4.69, 9.17) is 9.84 Å². The van der Waals surface area contributed by atoms with E-state index in [1.807, 2.05) is 0 Å². The number of carboxylic acids is 1. The van der Waals surface area contributed by atoms with Crippen molar-refractivity contribution in [1.82, 2.24) is 0 Å². The Bertz CT molecular complexity index is 460. The molecular weight excluding hydrogens is 220 g/mol. The highest BCUT2D eigenvalue weighted by Gasteiger charge is 2.03. The van der Waals surface area contributed by atoms with Crippen molar-refractivity contribution in [2.75, 3.05) is 0 Å². The van der Waals surface area contributed by atoms with Crippen LogP contribution in [0.25, 0.3) is 6.08 Å². The van der Waals surface area contributed by atoms with Crippen molar-refractivity contribution in [2.45, 2.75) is 20.3 Å². The van der Waals surface area contributed by atoms with Gasteiger partial charge in [0.25, 0.3) is 0 Å². The topological polar surface area (TPSA) is 63.6 Å². The second-order valence-corrected chi connectivity index (χ2v) is 3.53. The van der Waals surface area contributed by atoms with Gasteiger partial charge in [-0.15, -0.1) is 0 Å². The van der Waals surface area contributed by atoms with E-state index in [0.29, 0.717) is 17.7 Å². The maximum absolute atomic E-state index is 11.1. The number of aliphatic carboxylic acids is 1. The van der Waals surface area contributed by atoms with Crippen LogP contribution in [0.5, 0.6) is 5.75 Å². The van der Waals surface area contributed by atoms with Crippen LogP contribution in [-0.4, -0.2) is 17.0 Å². The van der Waals surface area contributed by atoms with Gasteiger partial charge >= 0.3 is 11.9 Å². The Kier molecular flexibility index (Phi) is 4.46. The molecule has 1 aromatic carbocycles. The first kappa shape index (κ1) is 13.0. The zero-order valence-electron chi connectivity index (χ0n) is 9.77. The molecule has 90 valence electrons. The van der Waals surface area contributed by atoms with E-state index in [1.54, 1.807) is 31.2 Å². The summed E-state index contributed by atoms with van der Waals surface area (Å²) in [6.45, 7) is 3.22. The molecule has 0 spiro atoms. The van der Waals surface area contributed by atoms with Crippen LogP contribution in [0.3, 0.4) is 0 Å². The van der Waals surface area contributed by atoms with Gasteiger partial charge in [-0.2, -0.15) is 0 Å². The fraction of sp³-hybridized carbons (Fsp3) is 0.231. The monoisotopic (exact) mass is 234 g/mol. The van der Waals surface area contributed by atoms with Crippen LogP contribution in [0.1, 0.15) is 25.8 Å². The molecular formula is C13H14O4. The first-order chi connectivity index (χ1) is 8.02. The second-order valence-electron chi connectivity index (χ2n) is 3.53. The van der Waals surface area contributed by atoms with E-state index in [0.717, 1.165) is 0 Å². The summed E-state index contributed by atoms with van der Waals surface area (Å²) in [5, 5.41) is 8.74. The van der Waals surface area contributed by atoms with Gasteiger partial charge in [-0.05, 0) is 30.7 Å². The van der Waals surface area contributed by atoms with E-state index < -0.39 is 5.97 Å². The van der Waals surface area contributed by atoms with Gasteiger partial charge in [-0.25, -0.2) is 4.79 Å². The Balaban J connectivity index is 2.90. The van der Waals surface area contributed by atoms with Gasteiger partial charge in [-0.1, -0.05) is 19.1 Å². The average Bonchev–Trinajstić information content (AvgIpc) is 2.29. The largest absolute Gasteiger partial charge is 0.478 e. The molecule has 4 nitrogen and oxygen atoms in total. The zero-order valence-corrected chi connectivity index (χ0v) is 9.77. The summed E-state index contributed by atoms with van der Waals surface area (Å²) in [6, 6.07) is 6.73. The molecule has 0 heterocycles. The lowest BCUT2D eigenvalue weighted by molar-refractivity contribution is -0.134. The lowest BCUT2D eigenvalue weighted by Crippen LogP contribution is -2.05. The van der Waals surface area contributed by atoms with E-state index >= 15 is 0 Å². The Hall–Kier alpha value is -2.10. The SMILES string of the molecule is CCC(=O)Oc1cccc(C=C(C)C(=O)O)c1. The number of rotatable bonds is 4. The van der Waals surface area contributed by atoms with Crippen molar-refractivity contribution in [1.29, 1.82) is 0 Å². The number of hydrogen-bond donors (Lipinski definition) is 1. The van der Waals surface area contributed by atoms with Gasteiger partial charge in [-0.3, -0.25) is 4.79 Å². The summed E-state index contributed by atoms with van der Waals surface area (Å²) in [5.41, 5.74) is 0.912. The third kappa shape index (κ3) is 4.10. The average molecular weight is 234 g/mol. The Morgan fingerprint density at radius 2 is 2.12 bits per heavy atom. The van der Waals surface area contributed by atoms with Gasteiger partial charge in [0, 0.05) is 12.0 Å². The van der Waals surface area contributed by atoms with Crippen LogP contribution in [0.2, 0.25) is 0 Å². The fourth-order valence-electron chi connectivity index (χ4n) is 1.18. The molecule has 4 heteroatoms. The van der Waals surface area contributed by atoms with Gasteiger partial charge in [0.15, 0.2) is 0 Å². The number of carboxylic acid groups (broad SMARTS) is 1. The molecule has 0 aromatic heterocycles. The molecule has 1 N–H and O–H groups in total. The first-order valence-electron chi connectivity index (χ1n) is 5.25. The Morgan fingerprint density at radius 1 is 1.41 bits per heavy atom. The number of benzene rings is 1. The predicted molar refractivity (Wildman–Crippen MR) is 63.7 cm³/mol. The smallest absolute Gasteiger partial charge is 0.331 e. The maximum Gasteiger partial charge on any atom is 0.331 e. The highest BCUT2D eigenvalue weighted by molar-refractivity contribution is 5.91. The molecule has 0 radical (unpaired) electrons. The molecule has 0 saturated carbocycles. The van der Waals surface area contributed by atoms with Crippen LogP contribution >= 0.6 is 0 Å². The third-order valence-electron chi connectivity index (χ3n) is 2.10. The molecule has 0 bridgehead atoms. The number of hydrogen-bond acceptors (Lipinski definition) is 3. The first-order valence-corrected chi connectivity index (χ1v) is 5.25. The highest BCUT2D eigenvalue weighted by atomic mass is 16.5. The van der Waals surface area contributed by atoms with Crippen LogP contribution in [0.15, 0.2) is 29.8 Å². The van der Waals surface area contributed by atoms with Gasteiger partial charge in [0.2, 0.25) is 0 Å². The highest BCUT2D eigenvalue weighted by Crippen LogP contribution is 2.16. The number of esters is 1. The molecule has 1 aromatic rings. The zero-order chi connectivity index (χ0) is 12.8. The van der Waals surface area contributed by atoms with Crippen molar-refractivity contribution in [2.24, 2.45) is 0 Å². The van der Waals surface area contributed by atoms with Crippen LogP contribution in [-0.2, 0) is 9.59 Å². The van der Waals surface area contributed by atoms with E-state index in [1.165, 1.54) is 13.0 Å². The van der Waals surface area contributed by atoms with Crippen molar-refractivity contribution >= 4 is 18.0 Å². The molecule has 0 aliphatic rings. The van der Waals surface area contributed by atoms with Crippen molar-refractivity contribution in [3.05, 3.63) is 35.4 Å². The quantitative estimate of drug-likeness (QED) is 0.494. The van der Waals surface area contributed by atoms with Crippen molar-refractivity contribution in [3.63, 3.8) is 0 Å². The van der Waals surface area contributed by atoms with E-state index in [9.17, 15) is 9.59 Å². The summed E-state index contributed by atoms with van der Waals surface area (Å²) >= 11 is 0. The number of carbonyl (C=O) groups is 2. The standard InChI is InChI=1S/C13H14O4/c1-3-12(14)17-11-6-4-5-10(8-11)7-9(2)13(15)16/h4-8H,3H2,1-2H3,(H,15,16). The van der Waals surface area contributed by atoms with Crippen LogP contribution in [0.4, 0.5) is 0 Å². The Labute approximate surface area is 99.5 Å². The minimum absolute atomic E-state index is 0.226. The molecule has 0 saturated heterocycles. The summed E-state index contributed by atoms with van der Waals surface area (Å²) in [6.07, 6.45) is 1.82. The number of ether oxygens (including phenoxy) is 1. The van der Waals surface area contributed by atoms with E-state index in [2.05, 4.69) is 0 Å². The Morgan fingerprint density at radius 3 is 2.71 bits per heavy atom. The predicted octanol–water partition coefficient (Wildman–Crippen LogP) is 2.49. The number of carbonyl (C=O) groups excluding carboxylic acids is 1. The lowest BCUT2D eigenvalue weighted by Gasteiger charge is -2.03. The normalized spacial score (nSPS) is 11.1. The maximum atomic E-state index is 11.1. The van der Waals surface area contributed by atoms with Crippen molar-refractivity contribution < 1.29 is 19.4 Å². The third-order valence-corrected chi connectivity index (χ3v) is 2.10. The van der Waals surface area contributed by atoms with E-state index in [-0.39, 0.29) is 11.5 Å². The lowest BCUT2D eigenvalue weighted by atomic mass is 10.1. The molecule has 0 fully saturated rings. The molecule has 17 heavy (non-hydrogen) atoms. The summed E-state index contributed by atoms with van der Waals surface area (Å²) in [7, 11) is 0. The van der Waals surface area contributed by atoms with Crippen LogP contribution in [0, 0.1) is 0 Å². The van der Waals surface area contributed by atoms with Crippen molar-refractivity contribution in [3.8, 4) is 5.75 Å². The fourth-order valence-corrected chi connectivity index (χ4v) is 1.18. The molecule has 0 atom stereocenters. The second kappa shape index (κ2) is 5.84. The molecule has 0 unspecified atom stereocenters. The summed E-state index contributed by atoms with van der Waals surface area (Å²) < 4.78 is 5.03. The summed E-state index contributed by atoms with van der Waals surface area (Å²) in [4.78, 5) is 21.8. The molecule has 0 aliphatic carbocycles. The van der Waals surface area contributed by atoms with Gasteiger partial charge in [0.1, 0.15) is 5.75 Å². The summed E-state index contributed by atoms with van der Waals surface area (Å²) in [5.74, 6) is -0.870. The minimum atomic E-state index is -0.971. The molecule has 1 rings (SSSR count). The molecule has 0 amide bonds. The van der Waals surface area contributed by atoms with Gasteiger partial charge in [0.05, 0.1) is 0 Å². The minimum Gasteiger partial charge on any atom is -0.478 e. The van der Waals surface area contributed by atoms with Gasteiger partial charge < -0.3 is 9.84 Å².